The first-order valence-electron chi connectivity index (χ1n) is 10.1. The molecule has 0 bridgehead atoms. The number of nitrogens with one attached hydrogen (secondary N) is 2. The summed E-state index contributed by atoms with van der Waals surface area (Å²) in [5.41, 5.74) is 0.372. The van der Waals surface area contributed by atoms with Gasteiger partial charge in [-0.15, -0.1) is 18.3 Å². The molecule has 1 aliphatic rings. The van der Waals surface area contributed by atoms with Crippen LogP contribution in [0.15, 0.2) is 24.3 Å². The summed E-state index contributed by atoms with van der Waals surface area (Å²) in [5, 5.41) is 8.72. The Bertz CT molecular complexity index is 1120. The van der Waals surface area contributed by atoms with E-state index in [1.165, 1.54) is 26.0 Å². The average Bonchev–Trinajstić information content (AvgIpc) is 3.17. The number of carbonyl (C=O) groups is 2. The van der Waals surface area contributed by atoms with Crippen molar-refractivity contribution in [3.05, 3.63) is 24.3 Å². The SMILES string of the molecule is CC(C)(C(=O)Nc1n[nH]c(-c2ccc(OC(F)(F)F)cc2)n1)S(=O)(=O)CC1CCC(=O)CC1. The first-order chi connectivity index (χ1) is 15.3. The maximum Gasteiger partial charge on any atom is 0.573 e. The van der Waals surface area contributed by atoms with Gasteiger partial charge in [0, 0.05) is 18.4 Å². The molecule has 0 radical (unpaired) electrons. The second-order valence-electron chi connectivity index (χ2n) is 8.31. The van der Waals surface area contributed by atoms with Gasteiger partial charge in [0.25, 0.3) is 0 Å². The topological polar surface area (TPSA) is 131 Å². The Labute approximate surface area is 188 Å². The number of anilines is 1. The molecule has 33 heavy (non-hydrogen) atoms. The summed E-state index contributed by atoms with van der Waals surface area (Å²) in [6, 6.07) is 4.82. The van der Waals surface area contributed by atoms with Crippen LogP contribution < -0.4 is 10.1 Å². The van der Waals surface area contributed by atoms with Crippen molar-refractivity contribution in [2.45, 2.75) is 50.6 Å². The number of sulfone groups is 1. The number of aromatic nitrogens is 3. The highest BCUT2D eigenvalue weighted by Gasteiger charge is 2.43. The van der Waals surface area contributed by atoms with E-state index in [-0.39, 0.29) is 29.2 Å². The van der Waals surface area contributed by atoms with Gasteiger partial charge in [-0.05, 0) is 56.9 Å². The normalized spacial score (nSPS) is 16.0. The monoisotopic (exact) mass is 488 g/mol. The third-order valence-electron chi connectivity index (χ3n) is 5.51. The Morgan fingerprint density at radius 3 is 2.36 bits per heavy atom. The average molecular weight is 488 g/mol. The van der Waals surface area contributed by atoms with Crippen LogP contribution in [0.25, 0.3) is 11.4 Å². The van der Waals surface area contributed by atoms with E-state index >= 15 is 0 Å². The van der Waals surface area contributed by atoms with E-state index in [0.29, 0.717) is 31.2 Å². The highest BCUT2D eigenvalue weighted by atomic mass is 32.2. The molecule has 180 valence electrons. The molecule has 1 heterocycles. The molecule has 0 atom stereocenters. The molecule has 0 aliphatic heterocycles. The van der Waals surface area contributed by atoms with E-state index in [2.05, 4.69) is 25.2 Å². The van der Waals surface area contributed by atoms with Crippen LogP contribution in [0.5, 0.6) is 5.75 Å². The van der Waals surface area contributed by atoms with Crippen molar-refractivity contribution in [3.8, 4) is 17.1 Å². The molecule has 0 spiro atoms. The molecule has 1 aromatic carbocycles. The molecule has 1 fully saturated rings. The van der Waals surface area contributed by atoms with E-state index in [0.717, 1.165) is 12.1 Å². The number of benzene rings is 1. The van der Waals surface area contributed by atoms with Crippen LogP contribution in [0.2, 0.25) is 0 Å². The number of carbonyl (C=O) groups excluding carboxylic acids is 2. The zero-order valence-electron chi connectivity index (χ0n) is 17.9. The van der Waals surface area contributed by atoms with Gasteiger partial charge in [-0.25, -0.2) is 8.42 Å². The summed E-state index contributed by atoms with van der Waals surface area (Å²) < 4.78 is 64.6. The molecule has 1 aliphatic carbocycles. The van der Waals surface area contributed by atoms with Gasteiger partial charge in [0.1, 0.15) is 16.3 Å². The van der Waals surface area contributed by atoms with Crippen molar-refractivity contribution in [2.75, 3.05) is 11.1 Å². The van der Waals surface area contributed by atoms with Gasteiger partial charge in [-0.2, -0.15) is 4.98 Å². The lowest BCUT2D eigenvalue weighted by atomic mass is 9.90. The number of Topliss-reactive ketones (excluding diaryl/α,β-unsaturated/α-hetero) is 1. The fourth-order valence-electron chi connectivity index (χ4n) is 3.34. The third kappa shape index (κ3) is 6.09. The van der Waals surface area contributed by atoms with Crippen molar-refractivity contribution in [3.63, 3.8) is 0 Å². The second kappa shape index (κ2) is 9.12. The Kier molecular flexibility index (Phi) is 6.82. The number of rotatable bonds is 7. The minimum atomic E-state index is -4.81. The molecule has 2 N–H and O–H groups in total. The number of H-pyrrole nitrogens is 1. The predicted molar refractivity (Wildman–Crippen MR) is 112 cm³/mol. The van der Waals surface area contributed by atoms with Crippen LogP contribution in [-0.2, 0) is 19.4 Å². The largest absolute Gasteiger partial charge is 0.573 e. The van der Waals surface area contributed by atoms with Crippen LogP contribution in [0.4, 0.5) is 19.1 Å². The van der Waals surface area contributed by atoms with Crippen molar-refractivity contribution in [1.82, 2.24) is 15.2 Å². The van der Waals surface area contributed by atoms with E-state index in [1.807, 2.05) is 0 Å². The summed E-state index contributed by atoms with van der Waals surface area (Å²) in [4.78, 5) is 28.2. The summed E-state index contributed by atoms with van der Waals surface area (Å²) in [6.07, 6.45) is -3.17. The quantitative estimate of drug-likeness (QED) is 0.612. The third-order valence-corrected chi connectivity index (χ3v) is 8.17. The minimum absolute atomic E-state index is 0.114. The molecule has 2 aromatic rings. The lowest BCUT2D eigenvalue weighted by Gasteiger charge is -2.27. The first-order valence-corrected chi connectivity index (χ1v) is 11.8. The van der Waals surface area contributed by atoms with Crippen LogP contribution in [0.3, 0.4) is 0 Å². The molecule has 1 amide bonds. The van der Waals surface area contributed by atoms with E-state index in [9.17, 15) is 31.2 Å². The molecule has 0 unspecified atom stereocenters. The van der Waals surface area contributed by atoms with Gasteiger partial charge >= 0.3 is 6.36 Å². The van der Waals surface area contributed by atoms with Gasteiger partial charge in [0.05, 0.1) is 5.75 Å². The molecule has 3 rings (SSSR count). The Morgan fingerprint density at radius 2 is 1.79 bits per heavy atom. The first kappa shape index (κ1) is 24.7. The molecule has 0 saturated heterocycles. The molecule has 13 heteroatoms. The van der Waals surface area contributed by atoms with Crippen LogP contribution in [0, 0.1) is 5.92 Å². The Hall–Kier alpha value is -2.96. The zero-order valence-corrected chi connectivity index (χ0v) is 18.7. The van der Waals surface area contributed by atoms with Crippen molar-refractivity contribution in [2.24, 2.45) is 5.92 Å². The summed E-state index contributed by atoms with van der Waals surface area (Å²) >= 11 is 0. The highest BCUT2D eigenvalue weighted by molar-refractivity contribution is 7.93. The highest BCUT2D eigenvalue weighted by Crippen LogP contribution is 2.29. The van der Waals surface area contributed by atoms with Gasteiger partial charge in [0.15, 0.2) is 15.7 Å². The lowest BCUT2D eigenvalue weighted by Crippen LogP contribution is -2.47. The maximum absolute atomic E-state index is 12.9. The molecule has 1 aromatic heterocycles. The summed E-state index contributed by atoms with van der Waals surface area (Å²) in [6.45, 7) is 2.58. The number of halogens is 3. The molecular weight excluding hydrogens is 465 g/mol. The number of hydrogen-bond acceptors (Lipinski definition) is 7. The number of ether oxygens (including phenoxy) is 1. The van der Waals surface area contributed by atoms with Crippen molar-refractivity contribution < 1.29 is 35.9 Å². The van der Waals surface area contributed by atoms with Crippen LogP contribution in [-0.4, -0.2) is 52.2 Å². The molecule has 1 saturated carbocycles. The smallest absolute Gasteiger partial charge is 0.406 e. The van der Waals surface area contributed by atoms with E-state index in [1.54, 1.807) is 0 Å². The summed E-state index contributed by atoms with van der Waals surface area (Å²) in [5.74, 6) is -1.54. The van der Waals surface area contributed by atoms with Crippen LogP contribution >= 0.6 is 0 Å². The van der Waals surface area contributed by atoms with Gasteiger partial charge in [-0.1, -0.05) is 0 Å². The number of nitrogens with zero attached hydrogens (tertiary/aromatic N) is 2. The van der Waals surface area contributed by atoms with Gasteiger partial charge in [-0.3, -0.25) is 20.0 Å². The minimum Gasteiger partial charge on any atom is -0.406 e. The molecular formula is C20H23F3N4O5S. The van der Waals surface area contributed by atoms with Gasteiger partial charge in [0.2, 0.25) is 11.9 Å². The predicted octanol–water partition coefficient (Wildman–Crippen LogP) is 3.26. The molecule has 9 nitrogen and oxygen atoms in total. The number of aromatic amines is 1. The van der Waals surface area contributed by atoms with E-state index < -0.39 is 32.6 Å². The summed E-state index contributed by atoms with van der Waals surface area (Å²) in [7, 11) is -3.86. The fraction of sp³-hybridized carbons (Fsp3) is 0.500. The van der Waals surface area contributed by atoms with E-state index in [4.69, 9.17) is 0 Å². The van der Waals surface area contributed by atoms with Gasteiger partial charge < -0.3 is 4.74 Å². The van der Waals surface area contributed by atoms with Crippen molar-refractivity contribution >= 4 is 27.5 Å². The zero-order chi connectivity index (χ0) is 24.4. The van der Waals surface area contributed by atoms with Crippen LogP contribution in [0.1, 0.15) is 39.5 Å². The van der Waals surface area contributed by atoms with Crippen molar-refractivity contribution in [1.29, 1.82) is 0 Å². The Morgan fingerprint density at radius 1 is 1.18 bits per heavy atom. The number of ketones is 1. The standard InChI is InChI=1S/C20H23F3N4O5S/c1-19(2,33(30,31)11-12-3-7-14(28)8-4-12)17(29)25-18-24-16(26-27-18)13-5-9-15(10-6-13)32-20(21,22)23/h5-6,9-10,12H,3-4,7-8,11H2,1-2H3,(H2,24,25,26,27,29). The second-order valence-corrected chi connectivity index (χ2v) is 10.9. The number of alkyl halides is 3. The maximum atomic E-state index is 12.9. The fourth-order valence-corrected chi connectivity index (χ4v) is 5.04. The lowest BCUT2D eigenvalue weighted by molar-refractivity contribution is -0.274. The number of hydrogen-bond donors (Lipinski definition) is 2. The Balaban J connectivity index is 1.66. The number of amides is 1.